The number of rotatable bonds is 28. The molecule has 0 bridgehead atoms. The van der Waals surface area contributed by atoms with Crippen molar-refractivity contribution in [2.45, 2.75) is 168 Å². The summed E-state index contributed by atoms with van der Waals surface area (Å²) in [4.78, 5) is 0. The van der Waals surface area contributed by atoms with Crippen molar-refractivity contribution in [3.63, 3.8) is 0 Å². The molecule has 3 nitrogen and oxygen atoms in total. The van der Waals surface area contributed by atoms with Crippen LogP contribution in [0.4, 0.5) is 0 Å². The highest BCUT2D eigenvalue weighted by molar-refractivity contribution is 4.67. The summed E-state index contributed by atoms with van der Waals surface area (Å²) in [7, 11) is 6.77. The molecule has 0 N–H and O–H groups in total. The van der Waals surface area contributed by atoms with E-state index in [2.05, 4.69) is 41.9 Å². The van der Waals surface area contributed by atoms with E-state index in [-0.39, 0.29) is 24.6 Å². The fourth-order valence-electron chi connectivity index (χ4n) is 4.85. The summed E-state index contributed by atoms with van der Waals surface area (Å²) >= 11 is 0. The molecule has 2 atom stereocenters. The van der Waals surface area contributed by atoms with E-state index in [1.807, 2.05) is 0 Å². The van der Waals surface area contributed by atoms with E-state index in [0.29, 0.717) is 0 Å². The summed E-state index contributed by atoms with van der Waals surface area (Å²) in [6, 6.07) is 0. The van der Waals surface area contributed by atoms with Crippen LogP contribution >= 0.6 is 0 Å². The minimum Gasteiger partial charge on any atom is -1.00 e. The molecule has 0 aliphatic rings. The van der Waals surface area contributed by atoms with E-state index in [9.17, 15) is 0 Å². The largest absolute Gasteiger partial charge is 1.00 e. The van der Waals surface area contributed by atoms with Crippen molar-refractivity contribution in [3.8, 4) is 0 Å². The molecule has 0 saturated carbocycles. The zero-order valence-electron chi connectivity index (χ0n) is 25.8. The molecule has 1 unspecified atom stereocenters. The average molecular weight is 534 g/mol. The first kappa shape index (κ1) is 38.3. The van der Waals surface area contributed by atoms with Gasteiger partial charge in [-0.3, -0.25) is 0 Å². The predicted octanol–water partition coefficient (Wildman–Crippen LogP) is 6.72. The monoisotopic (exact) mass is 533 g/mol. The molecule has 220 valence electrons. The molecular weight excluding hydrogens is 466 g/mol. The van der Waals surface area contributed by atoms with Gasteiger partial charge in [0.25, 0.3) is 0 Å². The van der Waals surface area contributed by atoms with Crippen molar-refractivity contribution in [3.05, 3.63) is 0 Å². The number of ether oxygens (including phenoxy) is 2. The first-order chi connectivity index (χ1) is 16.9. The second-order valence-corrected chi connectivity index (χ2v) is 12.2. The Balaban J connectivity index is 0. The van der Waals surface area contributed by atoms with Crippen molar-refractivity contribution in [2.24, 2.45) is 0 Å². The number of quaternary nitrogens is 1. The summed E-state index contributed by atoms with van der Waals surface area (Å²) in [6.07, 6.45) is 29.0. The fourth-order valence-corrected chi connectivity index (χ4v) is 4.85. The second kappa shape index (κ2) is 28.2. The molecule has 0 aromatic carbocycles. The fraction of sp³-hybridized carbons (Fsp3) is 1.00. The van der Waals surface area contributed by atoms with Crippen LogP contribution in [0.3, 0.4) is 0 Å². The molecule has 0 aromatic heterocycles. The highest BCUT2D eigenvalue weighted by Gasteiger charge is 2.19. The standard InChI is InChI=1S/C32H68NO2.ClH/c1-7-9-11-13-15-17-18-19-20-22-24-27-32(31(3)34-30-26-28-33(4,5)6)35-29-25-23-21-16-14-12-10-8-2;/h31-32H,7-30H2,1-6H3;1H/q+1;/p-1/t31?,32-;/m0./s1. The molecule has 0 amide bonds. The van der Waals surface area contributed by atoms with E-state index < -0.39 is 0 Å². The van der Waals surface area contributed by atoms with E-state index >= 15 is 0 Å². The smallest absolute Gasteiger partial charge is 0.0833 e. The van der Waals surface area contributed by atoms with E-state index in [1.165, 1.54) is 122 Å². The maximum absolute atomic E-state index is 6.41. The van der Waals surface area contributed by atoms with Crippen molar-refractivity contribution in [1.82, 2.24) is 0 Å². The van der Waals surface area contributed by atoms with Crippen LogP contribution < -0.4 is 12.4 Å². The lowest BCUT2D eigenvalue weighted by molar-refractivity contribution is -0.870. The van der Waals surface area contributed by atoms with Crippen molar-refractivity contribution >= 4 is 0 Å². The minimum atomic E-state index is 0. The van der Waals surface area contributed by atoms with E-state index in [4.69, 9.17) is 9.47 Å². The number of nitrogens with zero attached hydrogens (tertiary/aromatic N) is 1. The van der Waals surface area contributed by atoms with Gasteiger partial charge in [0.1, 0.15) is 0 Å². The SMILES string of the molecule is CCCCCCCCCCCCC[C@H](OCCCCCCCCCC)C(C)OCCC[N+](C)(C)C.[Cl-]. The van der Waals surface area contributed by atoms with Gasteiger partial charge in [-0.05, 0) is 19.8 Å². The van der Waals surface area contributed by atoms with Crippen LogP contribution in [-0.4, -0.2) is 57.6 Å². The maximum atomic E-state index is 6.41. The maximum Gasteiger partial charge on any atom is 0.0833 e. The molecule has 0 spiro atoms. The van der Waals surface area contributed by atoms with Crippen LogP contribution in [0.5, 0.6) is 0 Å². The number of hydrogen-bond acceptors (Lipinski definition) is 2. The molecule has 0 aliphatic heterocycles. The third kappa shape index (κ3) is 28.7. The van der Waals surface area contributed by atoms with Gasteiger partial charge in [0.05, 0.1) is 46.5 Å². The number of unbranched alkanes of at least 4 members (excludes halogenated alkanes) is 17. The van der Waals surface area contributed by atoms with E-state index in [0.717, 1.165) is 37.1 Å². The normalized spacial score (nSPS) is 13.5. The van der Waals surface area contributed by atoms with Gasteiger partial charge in [-0.15, -0.1) is 0 Å². The van der Waals surface area contributed by atoms with Gasteiger partial charge in [0.2, 0.25) is 0 Å². The second-order valence-electron chi connectivity index (χ2n) is 12.2. The highest BCUT2D eigenvalue weighted by atomic mass is 35.5. The van der Waals surface area contributed by atoms with Crippen LogP contribution in [0.25, 0.3) is 0 Å². The molecular formula is C32H68ClNO2. The van der Waals surface area contributed by atoms with Crippen molar-refractivity contribution in [2.75, 3.05) is 40.9 Å². The lowest BCUT2D eigenvalue weighted by atomic mass is 10.0. The van der Waals surface area contributed by atoms with Crippen molar-refractivity contribution in [1.29, 1.82) is 0 Å². The van der Waals surface area contributed by atoms with Crippen LogP contribution in [0.15, 0.2) is 0 Å². The lowest BCUT2D eigenvalue weighted by Crippen LogP contribution is -3.00. The summed E-state index contributed by atoms with van der Waals surface area (Å²) < 4.78 is 13.7. The predicted molar refractivity (Wildman–Crippen MR) is 156 cm³/mol. The Labute approximate surface area is 234 Å². The molecule has 0 heterocycles. The molecule has 0 rings (SSSR count). The third-order valence-corrected chi connectivity index (χ3v) is 7.30. The van der Waals surface area contributed by atoms with Gasteiger partial charge in [-0.2, -0.15) is 0 Å². The lowest BCUT2D eigenvalue weighted by Gasteiger charge is -2.27. The highest BCUT2D eigenvalue weighted by Crippen LogP contribution is 2.17. The molecule has 0 radical (unpaired) electrons. The topological polar surface area (TPSA) is 18.5 Å². The summed E-state index contributed by atoms with van der Waals surface area (Å²) in [5.74, 6) is 0. The Hall–Kier alpha value is 0.170. The zero-order chi connectivity index (χ0) is 26.0. The molecule has 4 heteroatoms. The molecule has 0 aliphatic carbocycles. The molecule has 0 saturated heterocycles. The van der Waals surface area contributed by atoms with Gasteiger partial charge < -0.3 is 26.4 Å². The van der Waals surface area contributed by atoms with Gasteiger partial charge in [0, 0.05) is 13.0 Å². The molecule has 36 heavy (non-hydrogen) atoms. The van der Waals surface area contributed by atoms with Crippen LogP contribution in [0.2, 0.25) is 0 Å². The van der Waals surface area contributed by atoms with Gasteiger partial charge in [0.15, 0.2) is 0 Å². The third-order valence-electron chi connectivity index (χ3n) is 7.30. The van der Waals surface area contributed by atoms with E-state index in [1.54, 1.807) is 0 Å². The molecule has 0 fully saturated rings. The van der Waals surface area contributed by atoms with Crippen LogP contribution in [0.1, 0.15) is 156 Å². The minimum absolute atomic E-state index is 0. The Bertz CT molecular complexity index is 413. The van der Waals surface area contributed by atoms with Gasteiger partial charge >= 0.3 is 0 Å². The summed E-state index contributed by atoms with van der Waals surface area (Å²) in [5, 5.41) is 0. The number of hydrogen-bond donors (Lipinski definition) is 0. The Kier molecular flexibility index (Phi) is 30.0. The van der Waals surface area contributed by atoms with Crippen LogP contribution in [-0.2, 0) is 9.47 Å². The first-order valence-electron chi connectivity index (χ1n) is 15.9. The summed E-state index contributed by atoms with van der Waals surface area (Å²) in [5.41, 5.74) is 0. The van der Waals surface area contributed by atoms with Gasteiger partial charge in [-0.1, -0.05) is 129 Å². The Morgan fingerprint density at radius 3 is 1.33 bits per heavy atom. The van der Waals surface area contributed by atoms with Crippen molar-refractivity contribution < 1.29 is 26.4 Å². The average Bonchev–Trinajstić information content (AvgIpc) is 2.82. The first-order valence-corrected chi connectivity index (χ1v) is 15.9. The number of halogens is 1. The molecule has 0 aromatic rings. The van der Waals surface area contributed by atoms with Crippen LogP contribution in [0, 0.1) is 0 Å². The Morgan fingerprint density at radius 1 is 0.500 bits per heavy atom. The quantitative estimate of drug-likeness (QED) is 0.0820. The van der Waals surface area contributed by atoms with Gasteiger partial charge in [-0.25, -0.2) is 0 Å². The Morgan fingerprint density at radius 2 is 0.889 bits per heavy atom. The zero-order valence-corrected chi connectivity index (χ0v) is 26.5. The summed E-state index contributed by atoms with van der Waals surface area (Å²) in [6.45, 7) is 9.75.